The average Bonchev–Trinajstić information content (AvgIpc) is 2.64. The van der Waals surface area contributed by atoms with Crippen molar-refractivity contribution in [3.63, 3.8) is 0 Å². The van der Waals surface area contributed by atoms with Crippen LogP contribution >= 0.6 is 0 Å². The summed E-state index contributed by atoms with van der Waals surface area (Å²) >= 11 is 0. The van der Waals surface area contributed by atoms with Gasteiger partial charge in [0.25, 0.3) is 0 Å². The van der Waals surface area contributed by atoms with Crippen molar-refractivity contribution < 1.29 is 9.90 Å². The van der Waals surface area contributed by atoms with Crippen molar-refractivity contribution in [3.8, 4) is 0 Å². The smallest absolute Gasteiger partial charge is 0.309 e. The summed E-state index contributed by atoms with van der Waals surface area (Å²) in [5.74, 6) is -0.908. The minimum atomic E-state index is -0.908. The van der Waals surface area contributed by atoms with Gasteiger partial charge in [-0.1, -0.05) is 11.3 Å². The predicted molar refractivity (Wildman–Crippen MR) is 59.4 cm³/mol. The zero-order valence-corrected chi connectivity index (χ0v) is 9.37. The summed E-state index contributed by atoms with van der Waals surface area (Å²) in [5, 5.41) is 16.3. The molecule has 0 aromatic carbocycles. The van der Waals surface area contributed by atoms with Crippen LogP contribution in [0.4, 0.5) is 0 Å². The van der Waals surface area contributed by atoms with Gasteiger partial charge in [-0.3, -0.25) is 9.78 Å². The Kier molecular flexibility index (Phi) is 3.13. The fraction of sp³-hybridized carbons (Fsp3) is 0.273. The molecule has 0 saturated carbocycles. The maximum Gasteiger partial charge on any atom is 0.309 e. The molecule has 0 unspecified atom stereocenters. The number of nitrogens with zero attached hydrogens (tertiary/aromatic N) is 4. The molecule has 0 fully saturated rings. The summed E-state index contributed by atoms with van der Waals surface area (Å²) in [6.07, 6.45) is 5.06. The quantitative estimate of drug-likeness (QED) is 0.837. The van der Waals surface area contributed by atoms with Crippen LogP contribution in [0.3, 0.4) is 0 Å². The molecule has 0 atom stereocenters. The monoisotopic (exact) mass is 232 g/mol. The van der Waals surface area contributed by atoms with Crippen LogP contribution < -0.4 is 0 Å². The highest BCUT2D eigenvalue weighted by molar-refractivity contribution is 5.69. The first-order chi connectivity index (χ1) is 8.13. The fourth-order valence-corrected chi connectivity index (χ4v) is 1.54. The number of aromatic nitrogens is 4. The highest BCUT2D eigenvalue weighted by Crippen LogP contribution is 2.04. The second-order valence-corrected chi connectivity index (χ2v) is 3.85. The lowest BCUT2D eigenvalue weighted by atomic mass is 10.2. The zero-order valence-electron chi connectivity index (χ0n) is 9.37. The molecule has 0 bridgehead atoms. The fourth-order valence-electron chi connectivity index (χ4n) is 1.54. The molecule has 6 heteroatoms. The molecule has 17 heavy (non-hydrogen) atoms. The minimum absolute atomic E-state index is 0.105. The molecule has 0 aliphatic heterocycles. The molecule has 6 nitrogen and oxygen atoms in total. The Morgan fingerprint density at radius 1 is 1.47 bits per heavy atom. The lowest BCUT2D eigenvalue weighted by Gasteiger charge is -2.00. The number of carboxylic acid groups (broad SMARTS) is 1. The normalized spacial score (nSPS) is 10.4. The maximum atomic E-state index is 10.5. The van der Waals surface area contributed by atoms with Crippen molar-refractivity contribution >= 4 is 5.97 Å². The van der Waals surface area contributed by atoms with Crippen molar-refractivity contribution in [1.82, 2.24) is 20.0 Å². The Balaban J connectivity index is 2.08. The van der Waals surface area contributed by atoms with E-state index in [1.165, 1.54) is 0 Å². The second kappa shape index (κ2) is 4.73. The Morgan fingerprint density at radius 3 is 3.00 bits per heavy atom. The molecule has 0 aliphatic rings. The van der Waals surface area contributed by atoms with Crippen LogP contribution in [0.5, 0.6) is 0 Å². The maximum absolute atomic E-state index is 10.5. The topological polar surface area (TPSA) is 80.9 Å². The number of carbonyl (C=O) groups is 1. The van der Waals surface area contributed by atoms with Gasteiger partial charge < -0.3 is 5.11 Å². The van der Waals surface area contributed by atoms with Crippen molar-refractivity contribution in [3.05, 3.63) is 41.5 Å². The average molecular weight is 232 g/mol. The lowest BCUT2D eigenvalue weighted by Crippen LogP contribution is -2.01. The molecule has 0 radical (unpaired) electrons. The van der Waals surface area contributed by atoms with Gasteiger partial charge in [-0.2, -0.15) is 0 Å². The van der Waals surface area contributed by atoms with Gasteiger partial charge in [0.1, 0.15) is 0 Å². The van der Waals surface area contributed by atoms with Crippen molar-refractivity contribution in [2.75, 3.05) is 0 Å². The van der Waals surface area contributed by atoms with Gasteiger partial charge in [-0.25, -0.2) is 4.68 Å². The molecule has 0 aliphatic carbocycles. The highest BCUT2D eigenvalue weighted by atomic mass is 16.4. The number of rotatable bonds is 4. The third kappa shape index (κ3) is 3.10. The van der Waals surface area contributed by atoms with Gasteiger partial charge >= 0.3 is 5.97 Å². The number of hydrogen-bond donors (Lipinski definition) is 1. The van der Waals surface area contributed by atoms with Gasteiger partial charge in [0.05, 0.1) is 18.7 Å². The van der Waals surface area contributed by atoms with Crippen molar-refractivity contribution in [2.24, 2.45) is 0 Å². The van der Waals surface area contributed by atoms with Gasteiger partial charge in [0.2, 0.25) is 0 Å². The van der Waals surface area contributed by atoms with Crippen molar-refractivity contribution in [1.29, 1.82) is 0 Å². The van der Waals surface area contributed by atoms with Crippen LogP contribution in [-0.4, -0.2) is 31.1 Å². The molecular weight excluding hydrogens is 220 g/mol. The molecule has 2 rings (SSSR count). The number of aryl methyl sites for hydroxylation is 1. The summed E-state index contributed by atoms with van der Waals surface area (Å²) in [6.45, 7) is 2.51. The Bertz CT molecular complexity index is 536. The summed E-state index contributed by atoms with van der Waals surface area (Å²) in [5.41, 5.74) is 2.54. The van der Waals surface area contributed by atoms with E-state index in [0.29, 0.717) is 12.2 Å². The summed E-state index contributed by atoms with van der Waals surface area (Å²) in [4.78, 5) is 14.6. The number of pyridine rings is 1. The molecule has 88 valence electrons. The van der Waals surface area contributed by atoms with E-state index < -0.39 is 5.97 Å². The standard InChI is InChI=1S/C11H12N4O2/c1-8-2-9(5-12-4-8)6-15-7-10(13-14-15)3-11(16)17/h2,4-5,7H,3,6H2,1H3,(H,16,17). The van der Waals surface area contributed by atoms with E-state index in [1.54, 1.807) is 23.3 Å². The molecule has 1 N–H and O–H groups in total. The predicted octanol–water partition coefficient (Wildman–Crippen LogP) is 0.657. The van der Waals surface area contributed by atoms with E-state index in [9.17, 15) is 4.79 Å². The van der Waals surface area contributed by atoms with Crippen LogP contribution in [0.2, 0.25) is 0 Å². The molecule has 0 amide bonds. The van der Waals surface area contributed by atoms with Crippen LogP contribution in [0.25, 0.3) is 0 Å². The Hall–Kier alpha value is -2.24. The molecule has 2 aromatic rings. The van der Waals surface area contributed by atoms with E-state index in [4.69, 9.17) is 5.11 Å². The van der Waals surface area contributed by atoms with Crippen molar-refractivity contribution in [2.45, 2.75) is 19.9 Å². The van der Waals surface area contributed by atoms with E-state index in [-0.39, 0.29) is 6.42 Å². The highest BCUT2D eigenvalue weighted by Gasteiger charge is 2.05. The van der Waals surface area contributed by atoms with Gasteiger partial charge in [-0.05, 0) is 18.1 Å². The van der Waals surface area contributed by atoms with E-state index in [2.05, 4.69) is 15.3 Å². The van der Waals surface area contributed by atoms with Crippen LogP contribution in [0, 0.1) is 6.92 Å². The second-order valence-electron chi connectivity index (χ2n) is 3.85. The molecule has 2 heterocycles. The van der Waals surface area contributed by atoms with Gasteiger partial charge in [0, 0.05) is 18.6 Å². The minimum Gasteiger partial charge on any atom is -0.481 e. The SMILES string of the molecule is Cc1cncc(Cn2cc(CC(=O)O)nn2)c1. The first kappa shape index (κ1) is 11.3. The van der Waals surface area contributed by atoms with Gasteiger partial charge in [0.15, 0.2) is 0 Å². The largest absolute Gasteiger partial charge is 0.481 e. The Morgan fingerprint density at radius 2 is 2.29 bits per heavy atom. The van der Waals surface area contributed by atoms with Crippen LogP contribution in [-0.2, 0) is 17.8 Å². The summed E-state index contributed by atoms with van der Waals surface area (Å²) in [7, 11) is 0. The molecular formula is C11H12N4O2. The van der Waals surface area contributed by atoms with E-state index in [0.717, 1.165) is 11.1 Å². The van der Waals surface area contributed by atoms with Gasteiger partial charge in [-0.15, -0.1) is 5.10 Å². The lowest BCUT2D eigenvalue weighted by molar-refractivity contribution is -0.136. The first-order valence-corrected chi connectivity index (χ1v) is 5.15. The zero-order chi connectivity index (χ0) is 12.3. The third-order valence-corrected chi connectivity index (χ3v) is 2.19. The van der Waals surface area contributed by atoms with E-state index >= 15 is 0 Å². The number of carboxylic acids is 1. The number of hydrogen-bond acceptors (Lipinski definition) is 4. The molecule has 0 spiro atoms. The third-order valence-electron chi connectivity index (χ3n) is 2.19. The van der Waals surface area contributed by atoms with E-state index in [1.807, 2.05) is 13.0 Å². The first-order valence-electron chi connectivity index (χ1n) is 5.15. The molecule has 2 aromatic heterocycles. The number of aliphatic carboxylic acids is 1. The van der Waals surface area contributed by atoms with Crippen LogP contribution in [0.1, 0.15) is 16.8 Å². The Labute approximate surface area is 97.9 Å². The summed E-state index contributed by atoms with van der Waals surface area (Å²) < 4.78 is 1.61. The van der Waals surface area contributed by atoms with Crippen LogP contribution in [0.15, 0.2) is 24.7 Å². The summed E-state index contributed by atoms with van der Waals surface area (Å²) in [6, 6.07) is 2.01. The molecule has 0 saturated heterocycles.